The Morgan fingerprint density at radius 2 is 1.16 bits per heavy atom. The summed E-state index contributed by atoms with van der Waals surface area (Å²) >= 11 is 0. The van der Waals surface area contributed by atoms with Gasteiger partial charge in [0.1, 0.15) is 0 Å². The largest absolute Gasteiger partial charge is 0.426 e. The number of rotatable bonds is 7. The fourth-order valence-electron chi connectivity index (χ4n) is 3.96. The van der Waals surface area contributed by atoms with E-state index in [0.29, 0.717) is 6.42 Å². The van der Waals surface area contributed by atoms with Crippen molar-refractivity contribution in [1.82, 2.24) is 0 Å². The molecule has 2 aliphatic carbocycles. The Morgan fingerprint density at radius 1 is 0.677 bits per heavy atom. The van der Waals surface area contributed by atoms with Crippen LogP contribution in [0.1, 0.15) is 38.5 Å². The summed E-state index contributed by atoms with van der Waals surface area (Å²) in [5, 5.41) is 9.00. The monoisotopic (exact) mass is 482 g/mol. The smallest absolute Gasteiger partial charge is 0.374 e. The first-order valence-corrected chi connectivity index (χ1v) is 9.10. The average molecular weight is 482 g/mol. The van der Waals surface area contributed by atoms with Crippen molar-refractivity contribution in [3.05, 3.63) is 12.2 Å². The number of aliphatic hydroxyl groups is 1. The fourth-order valence-corrected chi connectivity index (χ4v) is 3.96. The van der Waals surface area contributed by atoms with E-state index in [0.717, 1.165) is 0 Å². The van der Waals surface area contributed by atoms with Crippen LogP contribution in [0.3, 0.4) is 0 Å². The highest BCUT2D eigenvalue weighted by molar-refractivity contribution is 5.12. The molecule has 1 saturated carbocycles. The minimum Gasteiger partial charge on any atom is -0.374 e. The Hall–Kier alpha value is -1.18. The maximum absolute atomic E-state index is 13.5. The third-order valence-electron chi connectivity index (χ3n) is 5.74. The molecule has 0 radical (unpaired) electrons. The second-order valence-electron chi connectivity index (χ2n) is 7.82. The molecule has 31 heavy (non-hydrogen) atoms. The molecule has 1 N–H and O–H groups in total. The number of hydrogen-bond donors (Lipinski definition) is 1. The van der Waals surface area contributed by atoms with Crippen molar-refractivity contribution in [2.75, 3.05) is 0 Å². The predicted octanol–water partition coefficient (Wildman–Crippen LogP) is 6.25. The standard InChI is InChI=1S/C17H18F12O2/c18-14(19,20)12(30,15(21,22)23)5-1-2-6-13(16(24,25)26,17(27,28)29)31-11-8-9-3-4-10(11)7-9/h3-4,9-11,30H,1-2,5-8H2. The summed E-state index contributed by atoms with van der Waals surface area (Å²) < 4.78 is 162. The van der Waals surface area contributed by atoms with Crippen LogP contribution in [0.2, 0.25) is 0 Å². The van der Waals surface area contributed by atoms with Gasteiger partial charge < -0.3 is 9.84 Å². The van der Waals surface area contributed by atoms with E-state index in [-0.39, 0.29) is 12.3 Å². The van der Waals surface area contributed by atoms with E-state index in [1.54, 1.807) is 6.08 Å². The van der Waals surface area contributed by atoms with Crippen LogP contribution in [0.4, 0.5) is 52.7 Å². The van der Waals surface area contributed by atoms with Gasteiger partial charge in [0.2, 0.25) is 0 Å². The minimum atomic E-state index is -6.22. The second kappa shape index (κ2) is 7.99. The number of hydrogen-bond acceptors (Lipinski definition) is 2. The molecule has 0 aromatic carbocycles. The Morgan fingerprint density at radius 3 is 1.52 bits per heavy atom. The average Bonchev–Trinajstić information content (AvgIpc) is 3.15. The van der Waals surface area contributed by atoms with Gasteiger partial charge >= 0.3 is 24.7 Å². The molecule has 0 spiro atoms. The molecule has 2 aliphatic rings. The minimum absolute atomic E-state index is 0.114. The van der Waals surface area contributed by atoms with Gasteiger partial charge in [-0.3, -0.25) is 0 Å². The van der Waals surface area contributed by atoms with Crippen LogP contribution in [-0.4, -0.2) is 47.1 Å². The Kier molecular flexibility index (Phi) is 6.72. The van der Waals surface area contributed by atoms with Crippen molar-refractivity contribution >= 4 is 0 Å². The molecule has 0 saturated heterocycles. The lowest BCUT2D eigenvalue weighted by Crippen LogP contribution is -2.60. The van der Waals surface area contributed by atoms with E-state index in [4.69, 9.17) is 5.11 Å². The molecule has 0 heterocycles. The van der Waals surface area contributed by atoms with Crippen molar-refractivity contribution in [3.63, 3.8) is 0 Å². The molecule has 2 rings (SSSR count). The molecule has 3 atom stereocenters. The van der Waals surface area contributed by atoms with E-state index in [2.05, 4.69) is 4.74 Å². The lowest BCUT2D eigenvalue weighted by atomic mass is 9.89. The molecule has 182 valence electrons. The van der Waals surface area contributed by atoms with Crippen LogP contribution < -0.4 is 0 Å². The normalized spacial score (nSPS) is 25.5. The van der Waals surface area contributed by atoms with Gasteiger partial charge in [-0.15, -0.1) is 0 Å². The molecule has 3 unspecified atom stereocenters. The van der Waals surface area contributed by atoms with Crippen LogP contribution in [0.5, 0.6) is 0 Å². The van der Waals surface area contributed by atoms with E-state index in [1.165, 1.54) is 6.08 Å². The summed E-state index contributed by atoms with van der Waals surface area (Å²) in [6.45, 7) is 0. The Bertz CT molecular complexity index is 630. The van der Waals surface area contributed by atoms with Gasteiger partial charge in [-0.05, 0) is 44.4 Å². The first kappa shape index (κ1) is 26.1. The van der Waals surface area contributed by atoms with Gasteiger partial charge in [-0.1, -0.05) is 12.2 Å². The Balaban J connectivity index is 2.19. The van der Waals surface area contributed by atoms with E-state index >= 15 is 0 Å². The topological polar surface area (TPSA) is 29.5 Å². The predicted molar refractivity (Wildman–Crippen MR) is 80.6 cm³/mol. The van der Waals surface area contributed by atoms with Crippen LogP contribution in [0, 0.1) is 11.8 Å². The van der Waals surface area contributed by atoms with Gasteiger partial charge in [0.15, 0.2) is 0 Å². The van der Waals surface area contributed by atoms with Crippen molar-refractivity contribution in [2.45, 2.75) is 80.5 Å². The SMILES string of the molecule is OC(CCCCC(OC1CC2C=CC1C2)(C(F)(F)F)C(F)(F)F)(C(F)(F)F)C(F)(F)F. The van der Waals surface area contributed by atoms with E-state index < -0.39 is 73.6 Å². The number of fused-ring (bicyclic) bond motifs is 2. The summed E-state index contributed by atoms with van der Waals surface area (Å²) in [6.07, 6.45) is -29.6. The van der Waals surface area contributed by atoms with Crippen molar-refractivity contribution in [2.24, 2.45) is 11.8 Å². The third kappa shape index (κ3) is 4.79. The van der Waals surface area contributed by atoms with Crippen molar-refractivity contribution < 1.29 is 62.5 Å². The van der Waals surface area contributed by atoms with Crippen LogP contribution in [0.15, 0.2) is 12.2 Å². The van der Waals surface area contributed by atoms with Crippen LogP contribution in [0.25, 0.3) is 0 Å². The summed E-state index contributed by atoms with van der Waals surface area (Å²) in [4.78, 5) is 0. The number of unbranched alkanes of at least 4 members (excludes halogenated alkanes) is 1. The molecule has 2 nitrogen and oxygen atoms in total. The zero-order valence-corrected chi connectivity index (χ0v) is 15.5. The van der Waals surface area contributed by atoms with E-state index in [1.807, 2.05) is 0 Å². The van der Waals surface area contributed by atoms with Gasteiger partial charge in [-0.2, -0.15) is 52.7 Å². The molecular formula is C17H18F12O2. The molecule has 0 aromatic heterocycles. The summed E-state index contributed by atoms with van der Waals surface area (Å²) in [7, 11) is 0. The van der Waals surface area contributed by atoms with Crippen LogP contribution >= 0.6 is 0 Å². The first-order chi connectivity index (χ1) is 13.8. The lowest BCUT2D eigenvalue weighted by molar-refractivity contribution is -0.394. The first-order valence-electron chi connectivity index (χ1n) is 9.10. The number of alkyl halides is 12. The molecule has 1 fully saturated rings. The van der Waals surface area contributed by atoms with Gasteiger partial charge in [0.25, 0.3) is 11.2 Å². The molecule has 0 aromatic rings. The summed E-state index contributed by atoms with van der Waals surface area (Å²) in [5.74, 6) is -0.961. The second-order valence-corrected chi connectivity index (χ2v) is 7.82. The molecule has 0 aliphatic heterocycles. The quantitative estimate of drug-likeness (QED) is 0.264. The third-order valence-corrected chi connectivity index (χ3v) is 5.74. The zero-order chi connectivity index (χ0) is 24.1. The van der Waals surface area contributed by atoms with Gasteiger partial charge in [0, 0.05) is 5.92 Å². The molecular weight excluding hydrogens is 464 g/mol. The molecule has 14 heteroatoms. The summed E-state index contributed by atoms with van der Waals surface area (Å²) in [6, 6.07) is 0. The fraction of sp³-hybridized carbons (Fsp3) is 0.882. The van der Waals surface area contributed by atoms with E-state index in [9.17, 15) is 52.7 Å². The highest BCUT2D eigenvalue weighted by Crippen LogP contribution is 2.53. The maximum atomic E-state index is 13.5. The van der Waals surface area contributed by atoms with Gasteiger partial charge in [-0.25, -0.2) is 0 Å². The maximum Gasteiger partial charge on any atom is 0.426 e. The number of allylic oxidation sites excluding steroid dienone is 1. The summed E-state index contributed by atoms with van der Waals surface area (Å²) in [5.41, 5.74) is -10.0. The molecule has 0 amide bonds. The highest BCUT2D eigenvalue weighted by Gasteiger charge is 2.73. The number of halogens is 12. The lowest BCUT2D eigenvalue weighted by Gasteiger charge is -2.40. The highest BCUT2D eigenvalue weighted by atomic mass is 19.4. The van der Waals surface area contributed by atoms with Crippen LogP contribution in [-0.2, 0) is 4.74 Å². The molecule has 2 bridgehead atoms. The van der Waals surface area contributed by atoms with Crippen molar-refractivity contribution in [1.29, 1.82) is 0 Å². The Labute approximate surface area is 168 Å². The zero-order valence-electron chi connectivity index (χ0n) is 15.5. The number of ether oxygens (including phenoxy) is 1. The van der Waals surface area contributed by atoms with Crippen molar-refractivity contribution in [3.8, 4) is 0 Å². The van der Waals surface area contributed by atoms with Gasteiger partial charge in [0.05, 0.1) is 6.10 Å².